The third-order valence-electron chi connectivity index (χ3n) is 2.27. The van der Waals surface area contributed by atoms with Crippen LogP contribution in [0.3, 0.4) is 0 Å². The molecule has 7 nitrogen and oxygen atoms in total. The Balaban J connectivity index is 3.02. The van der Waals surface area contributed by atoms with Crippen molar-refractivity contribution >= 4 is 17.4 Å². The number of hydrogen-bond donors (Lipinski definition) is 0. The van der Waals surface area contributed by atoms with Gasteiger partial charge in [0, 0.05) is 18.1 Å². The monoisotopic (exact) mass is 262 g/mol. The zero-order valence-corrected chi connectivity index (χ0v) is 10.1. The molecule has 7 heteroatoms. The normalized spacial score (nSPS) is 9.47. The average Bonchev–Trinajstić information content (AvgIpc) is 2.39. The summed E-state index contributed by atoms with van der Waals surface area (Å²) in [4.78, 5) is 32.8. The number of rotatable bonds is 5. The van der Waals surface area contributed by atoms with Crippen LogP contribution >= 0.6 is 0 Å². The fraction of sp³-hybridized carbons (Fsp3) is 0.250. The van der Waals surface area contributed by atoms with Gasteiger partial charge < -0.3 is 4.74 Å². The van der Waals surface area contributed by atoms with E-state index in [9.17, 15) is 19.7 Å². The molecule has 0 fully saturated rings. The molecule has 0 saturated carbocycles. The number of nitro benzene ring substituents is 1. The molecule has 1 aromatic carbocycles. The van der Waals surface area contributed by atoms with Crippen molar-refractivity contribution in [3.63, 3.8) is 0 Å². The van der Waals surface area contributed by atoms with Crippen molar-refractivity contribution in [2.75, 3.05) is 6.61 Å². The predicted octanol–water partition coefficient (Wildman–Crippen LogP) is 1.14. The van der Waals surface area contributed by atoms with Gasteiger partial charge in [0.2, 0.25) is 5.78 Å². The van der Waals surface area contributed by atoms with Gasteiger partial charge >= 0.3 is 5.97 Å². The van der Waals surface area contributed by atoms with E-state index >= 15 is 0 Å². The van der Waals surface area contributed by atoms with Crippen molar-refractivity contribution in [3.05, 3.63) is 39.4 Å². The quantitative estimate of drug-likeness (QED) is 0.340. The van der Waals surface area contributed by atoms with Crippen molar-refractivity contribution in [1.29, 1.82) is 5.26 Å². The number of nitrogens with zero attached hydrogens (tertiary/aromatic N) is 2. The second-order valence-electron chi connectivity index (χ2n) is 3.53. The van der Waals surface area contributed by atoms with E-state index in [4.69, 9.17) is 5.26 Å². The number of ether oxygens (including phenoxy) is 1. The Morgan fingerprint density at radius 1 is 1.47 bits per heavy atom. The summed E-state index contributed by atoms with van der Waals surface area (Å²) in [6.45, 7) is 1.61. The van der Waals surface area contributed by atoms with Gasteiger partial charge in [-0.25, -0.2) is 4.79 Å². The number of Topliss-reactive ketones (excluding diaryl/α,β-unsaturated/α-hetero) is 1. The first kappa shape index (κ1) is 14.3. The Morgan fingerprint density at radius 3 is 2.68 bits per heavy atom. The van der Waals surface area contributed by atoms with Crippen LogP contribution in [0.2, 0.25) is 0 Å². The topological polar surface area (TPSA) is 110 Å². The minimum Gasteiger partial charge on any atom is -0.460 e. The highest BCUT2D eigenvalue weighted by Crippen LogP contribution is 2.21. The van der Waals surface area contributed by atoms with Crippen LogP contribution in [0.4, 0.5) is 5.69 Å². The maximum Gasteiger partial charge on any atom is 0.374 e. The summed E-state index contributed by atoms with van der Waals surface area (Å²) in [6, 6.07) is 5.46. The molecule has 19 heavy (non-hydrogen) atoms. The van der Waals surface area contributed by atoms with E-state index in [0.29, 0.717) is 0 Å². The lowest BCUT2D eigenvalue weighted by Gasteiger charge is -2.03. The number of esters is 1. The second-order valence-corrected chi connectivity index (χ2v) is 3.53. The molecule has 0 spiro atoms. The summed E-state index contributed by atoms with van der Waals surface area (Å²) in [5.41, 5.74) is -0.183. The van der Waals surface area contributed by atoms with Gasteiger partial charge in [0.25, 0.3) is 5.69 Å². The van der Waals surface area contributed by atoms with Gasteiger partial charge in [0.05, 0.1) is 23.2 Å². The van der Waals surface area contributed by atoms with Crippen molar-refractivity contribution in [3.8, 4) is 6.07 Å². The van der Waals surface area contributed by atoms with Crippen LogP contribution in [0.15, 0.2) is 18.2 Å². The van der Waals surface area contributed by atoms with Gasteiger partial charge in [-0.2, -0.15) is 5.26 Å². The van der Waals surface area contributed by atoms with Crippen LogP contribution in [-0.2, 0) is 20.7 Å². The molecule has 0 atom stereocenters. The fourth-order valence-electron chi connectivity index (χ4n) is 1.41. The number of carbonyl (C=O) groups excluding carboxylic acids is 2. The standard InChI is InChI=1S/C12H10N2O5/c1-2-19-12(16)11(15)6-9-4-3-8(7-13)5-10(9)14(17)18/h3-5H,2,6H2,1H3. The largest absolute Gasteiger partial charge is 0.460 e. The van der Waals surface area contributed by atoms with Crippen LogP contribution in [0.1, 0.15) is 18.1 Å². The zero-order valence-electron chi connectivity index (χ0n) is 10.1. The third kappa shape index (κ3) is 3.61. The lowest BCUT2D eigenvalue weighted by atomic mass is 10.0. The number of ketones is 1. The maximum absolute atomic E-state index is 11.5. The number of nitro groups is 1. The van der Waals surface area contributed by atoms with Crippen molar-refractivity contribution in [1.82, 2.24) is 0 Å². The van der Waals surface area contributed by atoms with Crippen molar-refractivity contribution in [2.24, 2.45) is 0 Å². The van der Waals surface area contributed by atoms with Crippen molar-refractivity contribution < 1.29 is 19.2 Å². The first-order valence-corrected chi connectivity index (χ1v) is 5.37. The maximum atomic E-state index is 11.5. The van der Waals surface area contributed by atoms with E-state index in [1.54, 1.807) is 13.0 Å². The highest BCUT2D eigenvalue weighted by atomic mass is 16.6. The highest BCUT2D eigenvalue weighted by Gasteiger charge is 2.21. The molecule has 98 valence electrons. The third-order valence-corrected chi connectivity index (χ3v) is 2.27. The number of benzene rings is 1. The molecule has 0 amide bonds. The van der Waals surface area contributed by atoms with Crippen LogP contribution < -0.4 is 0 Å². The average molecular weight is 262 g/mol. The van der Waals surface area contributed by atoms with Gasteiger partial charge in [-0.1, -0.05) is 6.07 Å². The van der Waals surface area contributed by atoms with Gasteiger partial charge in [-0.3, -0.25) is 14.9 Å². The van der Waals surface area contributed by atoms with Crippen LogP contribution in [0, 0.1) is 21.4 Å². The van der Waals surface area contributed by atoms with Crippen molar-refractivity contribution in [2.45, 2.75) is 13.3 Å². The molecule has 0 unspecified atom stereocenters. The molecule has 0 aliphatic rings. The molecular formula is C12H10N2O5. The summed E-state index contributed by atoms with van der Waals surface area (Å²) in [5.74, 6) is -1.89. The highest BCUT2D eigenvalue weighted by molar-refractivity contribution is 6.34. The molecule has 0 aliphatic heterocycles. The smallest absolute Gasteiger partial charge is 0.374 e. The minimum absolute atomic E-state index is 0.0556. The Kier molecular flexibility index (Phi) is 4.71. The van der Waals surface area contributed by atoms with Crippen LogP contribution in [0.5, 0.6) is 0 Å². The molecule has 0 radical (unpaired) electrons. The van der Waals surface area contributed by atoms with E-state index in [1.807, 2.05) is 0 Å². The Hall–Kier alpha value is -2.75. The molecule has 1 rings (SSSR count). The Morgan fingerprint density at radius 2 is 2.16 bits per heavy atom. The molecular weight excluding hydrogens is 252 g/mol. The zero-order chi connectivity index (χ0) is 14.4. The number of hydrogen-bond acceptors (Lipinski definition) is 6. The fourth-order valence-corrected chi connectivity index (χ4v) is 1.41. The summed E-state index contributed by atoms with van der Waals surface area (Å²) in [7, 11) is 0. The predicted molar refractivity (Wildman–Crippen MR) is 63.2 cm³/mol. The van der Waals surface area contributed by atoms with E-state index < -0.39 is 23.1 Å². The Labute approximate surface area is 108 Å². The van der Waals surface area contributed by atoms with Gasteiger partial charge in [-0.15, -0.1) is 0 Å². The van der Waals surface area contributed by atoms with E-state index in [0.717, 1.165) is 6.07 Å². The number of nitriles is 1. The second kappa shape index (κ2) is 6.26. The Bertz CT molecular complexity index is 574. The van der Waals surface area contributed by atoms with Gasteiger partial charge in [0.15, 0.2) is 0 Å². The summed E-state index contributed by atoms with van der Waals surface area (Å²) < 4.78 is 4.51. The minimum atomic E-state index is -1.03. The lowest BCUT2D eigenvalue weighted by molar-refractivity contribution is -0.385. The molecule has 0 bridgehead atoms. The molecule has 0 heterocycles. The van der Waals surface area contributed by atoms with E-state index in [2.05, 4.69) is 4.74 Å². The number of carbonyl (C=O) groups is 2. The SMILES string of the molecule is CCOC(=O)C(=O)Cc1ccc(C#N)cc1[N+](=O)[O-]. The van der Waals surface area contributed by atoms with E-state index in [-0.39, 0.29) is 23.4 Å². The summed E-state index contributed by atoms with van der Waals surface area (Å²) in [6.07, 6.45) is -0.430. The summed E-state index contributed by atoms with van der Waals surface area (Å²) >= 11 is 0. The molecule has 0 saturated heterocycles. The molecule has 0 N–H and O–H groups in total. The first-order chi connectivity index (χ1) is 8.99. The van der Waals surface area contributed by atoms with Crippen LogP contribution in [0.25, 0.3) is 0 Å². The molecule has 0 aromatic heterocycles. The first-order valence-electron chi connectivity index (χ1n) is 5.37. The van der Waals surface area contributed by atoms with Gasteiger partial charge in [-0.05, 0) is 13.0 Å². The molecule has 1 aromatic rings. The van der Waals surface area contributed by atoms with Crippen LogP contribution in [-0.4, -0.2) is 23.3 Å². The summed E-state index contributed by atoms with van der Waals surface area (Å²) in [5, 5.41) is 19.5. The lowest BCUT2D eigenvalue weighted by Crippen LogP contribution is -2.19. The van der Waals surface area contributed by atoms with E-state index in [1.165, 1.54) is 12.1 Å². The molecule has 0 aliphatic carbocycles. The van der Waals surface area contributed by atoms with Gasteiger partial charge in [0.1, 0.15) is 0 Å².